The molecule has 0 aromatic heterocycles. The summed E-state index contributed by atoms with van der Waals surface area (Å²) in [7, 11) is -4.49. The van der Waals surface area contributed by atoms with E-state index in [2.05, 4.69) is 40.3 Å². The number of rotatable bonds is 22. The van der Waals surface area contributed by atoms with E-state index in [0.29, 0.717) is 0 Å². The van der Waals surface area contributed by atoms with Gasteiger partial charge in [0.05, 0.1) is 13.2 Å². The number of phosphoric acid groups is 1. The van der Waals surface area contributed by atoms with Crippen molar-refractivity contribution in [1.29, 1.82) is 0 Å². The maximum absolute atomic E-state index is 11.7. The van der Waals surface area contributed by atoms with Gasteiger partial charge < -0.3 is 29.5 Å². The highest BCUT2D eigenvalue weighted by Crippen LogP contribution is 2.37. The Labute approximate surface area is 193 Å². The Bertz CT molecular complexity index is 554. The molecule has 0 heterocycles. The van der Waals surface area contributed by atoms with Crippen LogP contribution in [0.4, 0.5) is 0 Å². The van der Waals surface area contributed by atoms with Gasteiger partial charge in [-0.15, -0.1) is 0 Å². The first-order valence-electron chi connectivity index (χ1n) is 11.8. The molecule has 188 valence electrons. The predicted octanol–water partition coefficient (Wildman–Crippen LogP) is 4.16. The molecule has 0 bridgehead atoms. The Morgan fingerprint density at radius 1 is 0.969 bits per heavy atom. The highest BCUT2D eigenvalue weighted by Gasteiger charge is 2.14. The maximum Gasteiger partial charge on any atom is 0.305 e. The number of ether oxygens (including phenoxy) is 1. The number of hydrogen-bond acceptors (Lipinski definition) is 8. The third kappa shape index (κ3) is 22.2. The average Bonchev–Trinajstić information content (AvgIpc) is 2.77. The van der Waals surface area contributed by atoms with Gasteiger partial charge in [-0.3, -0.25) is 9.36 Å². The summed E-state index contributed by atoms with van der Waals surface area (Å²) < 4.78 is 25.1. The van der Waals surface area contributed by atoms with Gasteiger partial charge in [0.1, 0.15) is 12.7 Å². The molecule has 0 aromatic carbocycles. The molecule has 0 aliphatic rings. The van der Waals surface area contributed by atoms with Crippen LogP contribution in [-0.2, 0) is 23.1 Å². The largest absolute Gasteiger partial charge is 0.756 e. The fraction of sp³-hybridized carbons (Fsp3) is 0.783. The number of phosphoric ester groups is 1. The van der Waals surface area contributed by atoms with Gasteiger partial charge in [0.2, 0.25) is 0 Å². The summed E-state index contributed by atoms with van der Waals surface area (Å²) in [6.07, 6.45) is 20.1. The number of carbonyl (C=O) groups is 1. The summed E-state index contributed by atoms with van der Waals surface area (Å²) in [4.78, 5) is 23.0. The normalized spacial score (nSPS) is 14.8. The Kier molecular flexibility index (Phi) is 21.1. The van der Waals surface area contributed by atoms with E-state index in [1.807, 2.05) is 0 Å². The molecule has 1 unspecified atom stereocenters. The quantitative estimate of drug-likeness (QED) is 0.103. The lowest BCUT2D eigenvalue weighted by Crippen LogP contribution is -2.25. The van der Waals surface area contributed by atoms with Gasteiger partial charge in [-0.25, -0.2) is 0 Å². The molecule has 0 aliphatic heterocycles. The molecular formula is C23H43NO7P-. The van der Waals surface area contributed by atoms with Crippen LogP contribution in [-0.4, -0.2) is 43.5 Å². The number of carbonyl (C=O) groups excluding carboxylic acids is 1. The van der Waals surface area contributed by atoms with Crippen LogP contribution in [0.15, 0.2) is 24.3 Å². The zero-order chi connectivity index (χ0) is 23.9. The molecule has 0 saturated heterocycles. The van der Waals surface area contributed by atoms with Crippen LogP contribution >= 0.6 is 7.82 Å². The number of aliphatic hydroxyl groups excluding tert-OH is 1. The lowest BCUT2D eigenvalue weighted by atomic mass is 10.1. The second-order valence-corrected chi connectivity index (χ2v) is 9.09. The van der Waals surface area contributed by atoms with Crippen LogP contribution < -0.4 is 10.6 Å². The molecule has 9 heteroatoms. The number of aliphatic hydroxyl groups is 1. The van der Waals surface area contributed by atoms with Crippen LogP contribution in [0.2, 0.25) is 0 Å². The Morgan fingerprint density at radius 3 is 2.25 bits per heavy atom. The summed E-state index contributed by atoms with van der Waals surface area (Å²) in [5.74, 6) is -0.417. The molecule has 0 saturated carbocycles. The van der Waals surface area contributed by atoms with Crippen molar-refractivity contribution in [2.75, 3.05) is 26.4 Å². The standard InChI is InChI=1S/C23H44NO7P/c1-2-3-4-5-6-7-8-9-10-11-12-13-14-15-16-17-23(26)29-20-22(25)21-31-32(27,28)30-19-18-24/h6-7,9-10,22,25H,2-5,8,11-21,24H2,1H3,(H,27,28)/p-1/b7-6-,10-9-/t22-/m1/s1. The van der Waals surface area contributed by atoms with Crippen molar-refractivity contribution in [2.24, 2.45) is 5.73 Å². The van der Waals surface area contributed by atoms with E-state index in [1.54, 1.807) is 0 Å². The Morgan fingerprint density at radius 2 is 1.59 bits per heavy atom. The summed E-state index contributed by atoms with van der Waals surface area (Å²) in [5.41, 5.74) is 5.14. The zero-order valence-electron chi connectivity index (χ0n) is 19.6. The molecule has 0 rings (SSSR count). The Hall–Kier alpha value is -1.02. The smallest absolute Gasteiger partial charge is 0.305 e. The maximum atomic E-state index is 11.7. The van der Waals surface area contributed by atoms with Crippen molar-refractivity contribution in [3.63, 3.8) is 0 Å². The van der Waals surface area contributed by atoms with Gasteiger partial charge in [0.15, 0.2) is 0 Å². The molecule has 0 aliphatic carbocycles. The molecule has 0 radical (unpaired) electrons. The molecule has 2 atom stereocenters. The summed E-state index contributed by atoms with van der Waals surface area (Å²) >= 11 is 0. The number of unbranched alkanes of at least 4 members (excludes halogenated alkanes) is 8. The fourth-order valence-corrected chi connectivity index (χ4v) is 3.53. The van der Waals surface area contributed by atoms with E-state index in [4.69, 9.17) is 10.5 Å². The van der Waals surface area contributed by atoms with Crippen LogP contribution in [0.25, 0.3) is 0 Å². The SMILES string of the molecule is CCCCC/C=C\C/C=C\CCCCCCCC(=O)OC[C@@H](O)COP(=O)([O-])OCCN. The minimum Gasteiger partial charge on any atom is -0.756 e. The number of allylic oxidation sites excluding steroid dienone is 4. The van der Waals surface area contributed by atoms with E-state index < -0.39 is 26.5 Å². The van der Waals surface area contributed by atoms with Gasteiger partial charge in [0, 0.05) is 13.0 Å². The molecule has 0 spiro atoms. The minimum atomic E-state index is -4.49. The molecule has 3 N–H and O–H groups in total. The highest BCUT2D eigenvalue weighted by atomic mass is 31.2. The predicted molar refractivity (Wildman–Crippen MR) is 125 cm³/mol. The first-order chi connectivity index (χ1) is 15.4. The summed E-state index contributed by atoms with van der Waals surface area (Å²) in [6.45, 7) is 1.19. The molecule has 0 amide bonds. The van der Waals surface area contributed by atoms with Crippen LogP contribution in [0, 0.1) is 0 Å². The Balaban J connectivity index is 3.54. The van der Waals surface area contributed by atoms with Crippen molar-refractivity contribution in [3.05, 3.63) is 24.3 Å². The number of hydrogen-bond donors (Lipinski definition) is 2. The first-order valence-corrected chi connectivity index (χ1v) is 13.3. The van der Waals surface area contributed by atoms with E-state index in [-0.39, 0.29) is 26.2 Å². The highest BCUT2D eigenvalue weighted by molar-refractivity contribution is 7.45. The third-order valence-corrected chi connectivity index (χ3v) is 5.52. The molecule has 0 aromatic rings. The van der Waals surface area contributed by atoms with E-state index in [9.17, 15) is 19.4 Å². The summed E-state index contributed by atoms with van der Waals surface area (Å²) in [6, 6.07) is 0. The second kappa shape index (κ2) is 21.8. The van der Waals surface area contributed by atoms with Gasteiger partial charge in [-0.1, -0.05) is 63.3 Å². The molecular weight excluding hydrogens is 433 g/mol. The van der Waals surface area contributed by atoms with Gasteiger partial charge in [-0.2, -0.15) is 0 Å². The second-order valence-electron chi connectivity index (χ2n) is 7.68. The van der Waals surface area contributed by atoms with Gasteiger partial charge >= 0.3 is 5.97 Å². The van der Waals surface area contributed by atoms with Crippen LogP contribution in [0.1, 0.15) is 84.0 Å². The van der Waals surface area contributed by atoms with Crippen molar-refractivity contribution in [2.45, 2.75) is 90.1 Å². The van der Waals surface area contributed by atoms with Crippen molar-refractivity contribution >= 4 is 13.8 Å². The van der Waals surface area contributed by atoms with E-state index >= 15 is 0 Å². The van der Waals surface area contributed by atoms with Gasteiger partial charge in [0.25, 0.3) is 7.82 Å². The van der Waals surface area contributed by atoms with Gasteiger partial charge in [-0.05, 0) is 38.5 Å². The molecule has 32 heavy (non-hydrogen) atoms. The number of nitrogens with two attached hydrogens (primary N) is 1. The average molecular weight is 477 g/mol. The van der Waals surface area contributed by atoms with Crippen molar-refractivity contribution in [1.82, 2.24) is 0 Å². The van der Waals surface area contributed by atoms with Crippen LogP contribution in [0.5, 0.6) is 0 Å². The first kappa shape index (κ1) is 31.0. The molecule has 8 nitrogen and oxygen atoms in total. The zero-order valence-corrected chi connectivity index (χ0v) is 20.5. The monoisotopic (exact) mass is 476 g/mol. The lowest BCUT2D eigenvalue weighted by Gasteiger charge is -2.23. The summed E-state index contributed by atoms with van der Waals surface area (Å²) in [5, 5.41) is 9.64. The number of esters is 1. The molecule has 0 fully saturated rings. The van der Waals surface area contributed by atoms with Crippen molar-refractivity contribution in [3.8, 4) is 0 Å². The topological polar surface area (TPSA) is 131 Å². The van der Waals surface area contributed by atoms with Crippen LogP contribution in [0.3, 0.4) is 0 Å². The van der Waals surface area contributed by atoms with E-state index in [0.717, 1.165) is 44.9 Å². The third-order valence-electron chi connectivity index (χ3n) is 4.56. The fourth-order valence-electron chi connectivity index (χ4n) is 2.77. The van der Waals surface area contributed by atoms with E-state index in [1.165, 1.54) is 25.7 Å². The lowest BCUT2D eigenvalue weighted by molar-refractivity contribution is -0.227. The minimum absolute atomic E-state index is 0.0317. The van der Waals surface area contributed by atoms with Crippen molar-refractivity contribution < 1.29 is 33.1 Å².